The van der Waals surface area contributed by atoms with Gasteiger partial charge in [-0.15, -0.1) is 0 Å². The zero-order chi connectivity index (χ0) is 17.2. The number of rotatable bonds is 5. The van der Waals surface area contributed by atoms with Crippen LogP contribution in [0.5, 0.6) is 5.75 Å². The van der Waals surface area contributed by atoms with Gasteiger partial charge in [-0.2, -0.15) is 0 Å². The van der Waals surface area contributed by atoms with Gasteiger partial charge in [-0.1, -0.05) is 18.6 Å². The van der Waals surface area contributed by atoms with E-state index in [9.17, 15) is 9.18 Å². The molecule has 3 heteroatoms. The van der Waals surface area contributed by atoms with Crippen LogP contribution in [0.1, 0.15) is 66.8 Å². The first kappa shape index (κ1) is 16.3. The maximum atomic E-state index is 14.6. The Hall–Kier alpha value is -2.16. The molecule has 0 bridgehead atoms. The SMILES string of the molecule is O=Cc1ccc(OC2CCCC2)c(-c2cccc(F)c2C2CCC2)c1. The van der Waals surface area contributed by atoms with E-state index in [0.29, 0.717) is 5.56 Å². The van der Waals surface area contributed by atoms with Crippen molar-refractivity contribution in [2.45, 2.75) is 57.0 Å². The Labute approximate surface area is 148 Å². The lowest BCUT2D eigenvalue weighted by Gasteiger charge is -2.29. The maximum Gasteiger partial charge on any atom is 0.150 e. The molecule has 0 amide bonds. The van der Waals surface area contributed by atoms with Crippen molar-refractivity contribution in [1.29, 1.82) is 0 Å². The summed E-state index contributed by atoms with van der Waals surface area (Å²) in [5.74, 6) is 0.893. The predicted molar refractivity (Wildman–Crippen MR) is 96.7 cm³/mol. The minimum atomic E-state index is -0.148. The van der Waals surface area contributed by atoms with Gasteiger partial charge in [0.25, 0.3) is 0 Å². The molecule has 25 heavy (non-hydrogen) atoms. The van der Waals surface area contributed by atoms with Crippen molar-refractivity contribution in [1.82, 2.24) is 0 Å². The summed E-state index contributed by atoms with van der Waals surface area (Å²) in [6.45, 7) is 0. The molecule has 2 fully saturated rings. The van der Waals surface area contributed by atoms with Crippen LogP contribution in [0, 0.1) is 5.82 Å². The van der Waals surface area contributed by atoms with Crippen LogP contribution in [0.2, 0.25) is 0 Å². The third kappa shape index (κ3) is 3.20. The number of carbonyl (C=O) groups is 1. The Morgan fingerprint density at radius 1 is 0.960 bits per heavy atom. The molecule has 2 aliphatic rings. The van der Waals surface area contributed by atoms with Crippen molar-refractivity contribution in [3.63, 3.8) is 0 Å². The smallest absolute Gasteiger partial charge is 0.150 e. The van der Waals surface area contributed by atoms with E-state index in [1.165, 1.54) is 18.9 Å². The molecule has 130 valence electrons. The highest BCUT2D eigenvalue weighted by Gasteiger charge is 2.27. The van der Waals surface area contributed by atoms with Crippen LogP contribution in [-0.4, -0.2) is 12.4 Å². The van der Waals surface area contributed by atoms with Gasteiger partial charge in [-0.25, -0.2) is 4.39 Å². The number of hydrogen-bond acceptors (Lipinski definition) is 2. The van der Waals surface area contributed by atoms with Gasteiger partial charge < -0.3 is 4.74 Å². The van der Waals surface area contributed by atoms with Crippen molar-refractivity contribution in [2.24, 2.45) is 0 Å². The van der Waals surface area contributed by atoms with Crippen molar-refractivity contribution in [3.05, 3.63) is 53.3 Å². The number of hydrogen-bond donors (Lipinski definition) is 0. The first-order valence-corrected chi connectivity index (χ1v) is 9.31. The summed E-state index contributed by atoms with van der Waals surface area (Å²) in [6, 6.07) is 10.7. The van der Waals surface area contributed by atoms with Crippen molar-refractivity contribution >= 4 is 6.29 Å². The first-order valence-electron chi connectivity index (χ1n) is 9.31. The summed E-state index contributed by atoms with van der Waals surface area (Å²) in [5.41, 5.74) is 3.10. The van der Waals surface area contributed by atoms with E-state index >= 15 is 0 Å². The molecule has 0 spiro atoms. The number of benzene rings is 2. The van der Waals surface area contributed by atoms with Crippen molar-refractivity contribution < 1.29 is 13.9 Å². The van der Waals surface area contributed by atoms with E-state index in [1.807, 2.05) is 18.2 Å². The van der Waals surface area contributed by atoms with E-state index in [-0.39, 0.29) is 17.8 Å². The van der Waals surface area contributed by atoms with Crippen LogP contribution in [0.15, 0.2) is 36.4 Å². The molecule has 2 aromatic rings. The Bertz CT molecular complexity index is 774. The van der Waals surface area contributed by atoms with E-state index in [2.05, 4.69) is 0 Å². The van der Waals surface area contributed by atoms with Gasteiger partial charge in [0.05, 0.1) is 6.10 Å². The molecule has 2 nitrogen and oxygen atoms in total. The van der Waals surface area contributed by atoms with Gasteiger partial charge in [0.1, 0.15) is 17.9 Å². The summed E-state index contributed by atoms with van der Waals surface area (Å²) in [6.07, 6.45) is 8.78. The second-order valence-electron chi connectivity index (χ2n) is 7.23. The zero-order valence-corrected chi connectivity index (χ0v) is 14.3. The highest BCUT2D eigenvalue weighted by Crippen LogP contribution is 2.45. The maximum absolute atomic E-state index is 14.6. The van der Waals surface area contributed by atoms with Gasteiger partial charge in [0, 0.05) is 11.1 Å². The molecule has 0 radical (unpaired) electrons. The molecule has 4 rings (SSSR count). The lowest BCUT2D eigenvalue weighted by Crippen LogP contribution is -2.14. The highest BCUT2D eigenvalue weighted by atomic mass is 19.1. The fourth-order valence-corrected chi connectivity index (χ4v) is 4.00. The van der Waals surface area contributed by atoms with Gasteiger partial charge in [0.2, 0.25) is 0 Å². The molecule has 0 N–H and O–H groups in total. The molecular formula is C22H23FO2. The second kappa shape index (κ2) is 6.99. The standard InChI is InChI=1S/C22H23FO2/c23-20-10-4-9-18(22(20)16-5-3-6-16)19-13-15(14-24)11-12-21(19)25-17-7-1-2-8-17/h4,9-14,16-17H,1-3,5-8H2. The normalized spacial score (nSPS) is 18.1. The lowest BCUT2D eigenvalue weighted by atomic mass is 9.76. The Balaban J connectivity index is 1.80. The minimum Gasteiger partial charge on any atom is -0.490 e. The molecule has 0 aromatic heterocycles. The van der Waals surface area contributed by atoms with Crippen LogP contribution < -0.4 is 4.74 Å². The number of ether oxygens (including phenoxy) is 1. The monoisotopic (exact) mass is 338 g/mol. The Morgan fingerprint density at radius 2 is 1.76 bits per heavy atom. The summed E-state index contributed by atoms with van der Waals surface area (Å²) in [7, 11) is 0. The molecule has 2 aliphatic carbocycles. The lowest BCUT2D eigenvalue weighted by molar-refractivity contribution is 0.112. The molecule has 0 atom stereocenters. The summed E-state index contributed by atoms with van der Waals surface area (Å²) < 4.78 is 20.9. The quantitative estimate of drug-likeness (QED) is 0.635. The highest BCUT2D eigenvalue weighted by molar-refractivity contribution is 5.83. The van der Waals surface area contributed by atoms with Crippen LogP contribution in [0.25, 0.3) is 11.1 Å². The summed E-state index contributed by atoms with van der Waals surface area (Å²) in [4.78, 5) is 11.3. The Morgan fingerprint density at radius 3 is 2.44 bits per heavy atom. The van der Waals surface area contributed by atoms with Crippen LogP contribution in [-0.2, 0) is 0 Å². The van der Waals surface area contributed by atoms with Gasteiger partial charge in [-0.05, 0) is 79.8 Å². The molecular weight excluding hydrogens is 315 g/mol. The summed E-state index contributed by atoms with van der Waals surface area (Å²) in [5, 5.41) is 0. The van der Waals surface area contributed by atoms with E-state index in [1.54, 1.807) is 12.1 Å². The second-order valence-corrected chi connectivity index (χ2v) is 7.23. The average Bonchev–Trinajstić information content (AvgIpc) is 3.08. The van der Waals surface area contributed by atoms with Crippen LogP contribution in [0.4, 0.5) is 4.39 Å². The van der Waals surface area contributed by atoms with Gasteiger partial charge in [0.15, 0.2) is 0 Å². The average molecular weight is 338 g/mol. The fourth-order valence-electron chi connectivity index (χ4n) is 4.00. The first-order chi connectivity index (χ1) is 12.3. The van der Waals surface area contributed by atoms with Gasteiger partial charge in [-0.3, -0.25) is 4.79 Å². The van der Waals surface area contributed by atoms with E-state index in [0.717, 1.165) is 60.8 Å². The van der Waals surface area contributed by atoms with Crippen molar-refractivity contribution in [3.8, 4) is 16.9 Å². The molecule has 0 saturated heterocycles. The fraction of sp³-hybridized carbons (Fsp3) is 0.409. The van der Waals surface area contributed by atoms with Crippen LogP contribution >= 0.6 is 0 Å². The largest absolute Gasteiger partial charge is 0.490 e. The third-order valence-corrected chi connectivity index (χ3v) is 5.59. The Kier molecular flexibility index (Phi) is 4.56. The number of aldehydes is 1. The van der Waals surface area contributed by atoms with Gasteiger partial charge >= 0.3 is 0 Å². The summed E-state index contributed by atoms with van der Waals surface area (Å²) >= 11 is 0. The van der Waals surface area contributed by atoms with Crippen LogP contribution in [0.3, 0.4) is 0 Å². The zero-order valence-electron chi connectivity index (χ0n) is 14.3. The number of carbonyl (C=O) groups excluding carboxylic acids is 1. The molecule has 2 saturated carbocycles. The molecule has 0 unspecified atom stereocenters. The topological polar surface area (TPSA) is 26.3 Å². The molecule has 0 aliphatic heterocycles. The number of halogens is 1. The molecule has 0 heterocycles. The minimum absolute atomic E-state index is 0.148. The van der Waals surface area contributed by atoms with E-state index < -0.39 is 0 Å². The van der Waals surface area contributed by atoms with E-state index in [4.69, 9.17) is 4.74 Å². The third-order valence-electron chi connectivity index (χ3n) is 5.59. The molecule has 2 aromatic carbocycles. The predicted octanol–water partition coefficient (Wildman–Crippen LogP) is 5.89. The van der Waals surface area contributed by atoms with Crippen molar-refractivity contribution in [2.75, 3.05) is 0 Å².